The number of ether oxygens (including phenoxy) is 2. The molecule has 0 saturated carbocycles. The van der Waals surface area contributed by atoms with Gasteiger partial charge in [0.2, 0.25) is 0 Å². The number of carboxylic acid groups (broad SMARTS) is 2. The third kappa shape index (κ3) is 5.06. The third-order valence-corrected chi connectivity index (χ3v) is 5.04. The Morgan fingerprint density at radius 3 is 2.44 bits per heavy atom. The predicted molar refractivity (Wildman–Crippen MR) is 85.7 cm³/mol. The molecule has 2 rings (SSSR count). The summed E-state index contributed by atoms with van der Waals surface area (Å²) in [5, 5.41) is 18.9. The molecule has 0 aromatic carbocycles. The van der Waals surface area contributed by atoms with Crippen molar-refractivity contribution >= 4 is 34.8 Å². The molecular formula is C14H20N2O8S. The molecule has 2 aliphatic heterocycles. The Balaban J connectivity index is 2.27. The lowest BCUT2D eigenvalue weighted by atomic mass is 9.76. The van der Waals surface area contributed by atoms with Crippen molar-refractivity contribution in [2.45, 2.75) is 37.3 Å². The second-order valence-corrected chi connectivity index (χ2v) is 6.80. The van der Waals surface area contributed by atoms with Gasteiger partial charge in [0.05, 0.1) is 32.1 Å². The zero-order valence-electron chi connectivity index (χ0n) is 13.7. The number of carbonyl (C=O) groups is 3. The van der Waals surface area contributed by atoms with Crippen LogP contribution in [0.1, 0.15) is 19.8 Å². The van der Waals surface area contributed by atoms with Crippen LogP contribution in [0.5, 0.6) is 0 Å². The lowest BCUT2D eigenvalue weighted by Gasteiger charge is -2.42. The summed E-state index contributed by atoms with van der Waals surface area (Å²) in [6.45, 7) is 1.10. The molecule has 5 atom stereocenters. The van der Waals surface area contributed by atoms with E-state index in [1.54, 1.807) is 0 Å². The average molecular weight is 376 g/mol. The van der Waals surface area contributed by atoms with Crippen LogP contribution in [0.2, 0.25) is 0 Å². The van der Waals surface area contributed by atoms with E-state index >= 15 is 0 Å². The highest BCUT2D eigenvalue weighted by molar-refractivity contribution is 8.14. The Bertz CT molecular complexity index is 569. The van der Waals surface area contributed by atoms with Crippen molar-refractivity contribution in [2.24, 2.45) is 16.8 Å². The number of esters is 1. The monoisotopic (exact) mass is 376 g/mol. The summed E-state index contributed by atoms with van der Waals surface area (Å²) in [5.41, 5.74) is 2.07. The normalized spacial score (nSPS) is 31.0. The second-order valence-electron chi connectivity index (χ2n) is 5.72. The molecule has 0 unspecified atom stereocenters. The summed E-state index contributed by atoms with van der Waals surface area (Å²) >= 11 is 1.22. The number of nitrogens with zero attached hydrogens (tertiary/aromatic N) is 1. The van der Waals surface area contributed by atoms with E-state index in [4.69, 9.17) is 14.3 Å². The Morgan fingerprint density at radius 2 is 1.88 bits per heavy atom. The number of amidine groups is 1. The van der Waals surface area contributed by atoms with Gasteiger partial charge in [-0.3, -0.25) is 24.2 Å². The molecule has 0 bridgehead atoms. The molecule has 2 aliphatic rings. The minimum Gasteiger partial charge on any atom is -0.481 e. The van der Waals surface area contributed by atoms with Crippen molar-refractivity contribution in [3.05, 3.63) is 0 Å². The van der Waals surface area contributed by atoms with Crippen LogP contribution in [0.25, 0.3) is 0 Å². The van der Waals surface area contributed by atoms with Gasteiger partial charge in [-0.15, -0.1) is 0 Å². The number of carbonyl (C=O) groups excluding carboxylic acids is 1. The number of aliphatic imine (C=N–C) groups is 1. The Labute approximate surface area is 147 Å². The van der Waals surface area contributed by atoms with Gasteiger partial charge < -0.3 is 19.7 Å². The van der Waals surface area contributed by atoms with Crippen molar-refractivity contribution in [1.29, 1.82) is 0 Å². The van der Waals surface area contributed by atoms with Gasteiger partial charge >= 0.3 is 17.9 Å². The first kappa shape index (κ1) is 19.5. The van der Waals surface area contributed by atoms with E-state index in [1.165, 1.54) is 25.8 Å². The van der Waals surface area contributed by atoms with Crippen LogP contribution in [-0.4, -0.2) is 64.6 Å². The standard InChI is InChI=1S/C14H20N2O8S/c1-6(17)23-5-9-7(3-10(18)19)8(4-11(20)21)12-13(24-9)25-14(15-12)16-22-2/h7-9,12-13H,3-5H2,1-2H3,(H,15,16)(H,18,19)(H,20,21)/t7-,8+,9-,12+,13+/m0/s1. The van der Waals surface area contributed by atoms with Crippen LogP contribution in [0.3, 0.4) is 0 Å². The molecule has 10 nitrogen and oxygen atoms in total. The van der Waals surface area contributed by atoms with Gasteiger partial charge in [-0.2, -0.15) is 0 Å². The molecule has 1 saturated heterocycles. The largest absolute Gasteiger partial charge is 0.481 e. The number of thioether (sulfide) groups is 1. The topological polar surface area (TPSA) is 144 Å². The maximum absolute atomic E-state index is 11.3. The number of rotatable bonds is 7. The van der Waals surface area contributed by atoms with E-state index in [0.717, 1.165) is 0 Å². The van der Waals surface area contributed by atoms with Crippen LogP contribution in [0.4, 0.5) is 0 Å². The summed E-state index contributed by atoms with van der Waals surface area (Å²) in [6.07, 6.45) is -1.29. The summed E-state index contributed by atoms with van der Waals surface area (Å²) in [6, 6.07) is -0.531. The number of hydrogen-bond acceptors (Lipinski definition) is 9. The van der Waals surface area contributed by atoms with E-state index in [1.807, 2.05) is 0 Å². The molecule has 140 valence electrons. The zero-order valence-corrected chi connectivity index (χ0v) is 14.5. The fourth-order valence-corrected chi connectivity index (χ4v) is 4.21. The van der Waals surface area contributed by atoms with Crippen molar-refractivity contribution in [3.63, 3.8) is 0 Å². The van der Waals surface area contributed by atoms with Crippen molar-refractivity contribution in [2.75, 3.05) is 13.7 Å². The molecule has 0 aromatic rings. The quantitative estimate of drug-likeness (QED) is 0.412. The Kier molecular flexibility index (Phi) is 6.62. The molecule has 1 fully saturated rings. The van der Waals surface area contributed by atoms with Crippen LogP contribution < -0.4 is 5.48 Å². The van der Waals surface area contributed by atoms with Crippen LogP contribution in [0.15, 0.2) is 4.99 Å². The number of aliphatic carboxylic acids is 2. The van der Waals surface area contributed by atoms with Crippen LogP contribution in [0, 0.1) is 11.8 Å². The van der Waals surface area contributed by atoms with E-state index < -0.39 is 47.3 Å². The number of hydroxylamine groups is 1. The summed E-state index contributed by atoms with van der Waals surface area (Å²) in [7, 11) is 1.41. The molecule has 0 spiro atoms. The molecule has 0 amide bonds. The Morgan fingerprint density at radius 1 is 1.24 bits per heavy atom. The van der Waals surface area contributed by atoms with Gasteiger partial charge in [-0.25, -0.2) is 5.48 Å². The minimum atomic E-state index is -1.08. The Hall–Kier alpha value is -1.85. The molecule has 0 aliphatic carbocycles. The first-order valence-corrected chi connectivity index (χ1v) is 8.45. The fraction of sp³-hybridized carbons (Fsp3) is 0.714. The van der Waals surface area contributed by atoms with Gasteiger partial charge in [0.25, 0.3) is 0 Å². The summed E-state index contributed by atoms with van der Waals surface area (Å²) in [4.78, 5) is 42.8. The lowest BCUT2D eigenvalue weighted by Crippen LogP contribution is -2.50. The van der Waals surface area contributed by atoms with Crippen molar-refractivity contribution in [3.8, 4) is 0 Å². The SMILES string of the molecule is CONC1=N[C@@H]2[C@H](CC(=O)O)[C@H](CC(=O)O)[C@H](COC(C)=O)O[C@@H]2S1. The maximum atomic E-state index is 11.3. The fourth-order valence-electron chi connectivity index (χ4n) is 3.07. The second kappa shape index (κ2) is 8.50. The highest BCUT2D eigenvalue weighted by atomic mass is 32.2. The molecule has 11 heteroatoms. The number of hydrogen-bond donors (Lipinski definition) is 3. The van der Waals surface area contributed by atoms with Gasteiger partial charge in [0.15, 0.2) is 5.17 Å². The van der Waals surface area contributed by atoms with Gasteiger partial charge in [0, 0.05) is 18.8 Å². The zero-order chi connectivity index (χ0) is 18.6. The average Bonchev–Trinajstić information content (AvgIpc) is 2.89. The first-order valence-electron chi connectivity index (χ1n) is 7.57. The van der Waals surface area contributed by atoms with Gasteiger partial charge in [0.1, 0.15) is 12.0 Å². The molecular weight excluding hydrogens is 356 g/mol. The summed E-state index contributed by atoms with van der Waals surface area (Å²) in [5.74, 6) is -3.88. The molecule has 25 heavy (non-hydrogen) atoms. The van der Waals surface area contributed by atoms with Crippen molar-refractivity contribution < 1.29 is 38.9 Å². The van der Waals surface area contributed by atoms with Gasteiger partial charge in [-0.1, -0.05) is 11.8 Å². The van der Waals surface area contributed by atoms with Gasteiger partial charge in [-0.05, 0) is 0 Å². The number of carboxylic acids is 2. The van der Waals surface area contributed by atoms with E-state index in [9.17, 15) is 24.6 Å². The highest BCUT2D eigenvalue weighted by Crippen LogP contribution is 2.44. The number of nitrogens with one attached hydrogen (secondary N) is 1. The lowest BCUT2D eigenvalue weighted by molar-refractivity contribution is -0.162. The molecule has 2 heterocycles. The molecule has 3 N–H and O–H groups in total. The first-order chi connectivity index (χ1) is 11.8. The highest BCUT2D eigenvalue weighted by Gasteiger charge is 2.50. The van der Waals surface area contributed by atoms with E-state index in [0.29, 0.717) is 5.17 Å². The third-order valence-electron chi connectivity index (χ3n) is 4.01. The smallest absolute Gasteiger partial charge is 0.303 e. The molecule has 0 radical (unpaired) electrons. The molecule has 0 aromatic heterocycles. The minimum absolute atomic E-state index is 0.139. The van der Waals surface area contributed by atoms with Crippen molar-refractivity contribution in [1.82, 2.24) is 5.48 Å². The van der Waals surface area contributed by atoms with Crippen LogP contribution >= 0.6 is 11.8 Å². The maximum Gasteiger partial charge on any atom is 0.303 e. The van der Waals surface area contributed by atoms with E-state index in [-0.39, 0.29) is 19.4 Å². The number of fused-ring (bicyclic) bond motifs is 1. The van der Waals surface area contributed by atoms with Crippen LogP contribution in [-0.2, 0) is 28.7 Å². The summed E-state index contributed by atoms with van der Waals surface area (Å²) < 4.78 is 10.9. The van der Waals surface area contributed by atoms with E-state index in [2.05, 4.69) is 10.5 Å². The predicted octanol–water partition coefficient (Wildman–Crippen LogP) is 0.0786.